The number of nitrogens with one attached hydrogen (secondary N) is 1. The second kappa shape index (κ2) is 3.83. The number of anilines is 1. The molecule has 0 radical (unpaired) electrons. The van der Waals surface area contributed by atoms with E-state index in [1.54, 1.807) is 31.6 Å². The van der Waals surface area contributed by atoms with Crippen LogP contribution in [0.3, 0.4) is 0 Å². The van der Waals surface area contributed by atoms with Crippen LogP contribution in [0.15, 0.2) is 6.07 Å². The predicted molar refractivity (Wildman–Crippen MR) is 65.0 cm³/mol. The Kier molecular flexibility index (Phi) is 2.68. The quantitative estimate of drug-likeness (QED) is 0.840. The number of carbonyl (C=O) groups excluding carboxylic acids is 1. The topological polar surface area (TPSA) is 84.2 Å². The highest BCUT2D eigenvalue weighted by atomic mass is 16.4. The fourth-order valence-corrected chi connectivity index (χ4v) is 2.52. The molecule has 98 valence electrons. The fraction of sp³-hybridized carbons (Fsp3) is 0.583. The fourth-order valence-electron chi connectivity index (χ4n) is 2.52. The van der Waals surface area contributed by atoms with E-state index in [1.165, 1.54) is 0 Å². The van der Waals surface area contributed by atoms with Gasteiger partial charge in [0.05, 0.1) is 17.5 Å². The summed E-state index contributed by atoms with van der Waals surface area (Å²) in [6.07, 6.45) is 0. The van der Waals surface area contributed by atoms with Crippen LogP contribution in [0.5, 0.6) is 0 Å². The number of aromatic nitrogens is 2. The number of carboxylic acid groups (broad SMARTS) is 1. The summed E-state index contributed by atoms with van der Waals surface area (Å²) in [7, 11) is 1.73. The SMILES string of the molecule is Cc1cc(NC(=O)[C@H]2[C@@H](C(=O)O)C2(C)C)n(C)n1. The van der Waals surface area contributed by atoms with Crippen LogP contribution in [0.4, 0.5) is 5.82 Å². The first kappa shape index (κ1) is 12.6. The molecular weight excluding hydrogens is 234 g/mol. The average Bonchev–Trinajstić information content (AvgIpc) is 2.66. The highest BCUT2D eigenvalue weighted by Gasteiger charge is 2.65. The molecule has 2 atom stereocenters. The molecular formula is C12H17N3O3. The standard InChI is InChI=1S/C12H17N3O3/c1-6-5-7(15(4)14-6)13-10(16)8-9(11(17)18)12(8,2)3/h5,8-9H,1-4H3,(H,13,16)(H,17,18)/t8-,9+/m1/s1. The summed E-state index contributed by atoms with van der Waals surface area (Å²) in [4.78, 5) is 23.1. The molecule has 18 heavy (non-hydrogen) atoms. The van der Waals surface area contributed by atoms with Crippen LogP contribution in [0.1, 0.15) is 19.5 Å². The maximum atomic E-state index is 12.1. The van der Waals surface area contributed by atoms with Crippen molar-refractivity contribution >= 4 is 17.7 Å². The first-order valence-electron chi connectivity index (χ1n) is 5.79. The van der Waals surface area contributed by atoms with Crippen molar-refractivity contribution in [1.82, 2.24) is 9.78 Å². The van der Waals surface area contributed by atoms with Gasteiger partial charge in [0.15, 0.2) is 0 Å². The Balaban J connectivity index is 2.11. The molecule has 0 unspecified atom stereocenters. The molecule has 1 heterocycles. The second-order valence-electron chi connectivity index (χ2n) is 5.40. The number of carboxylic acids is 1. The minimum absolute atomic E-state index is 0.254. The van der Waals surface area contributed by atoms with Crippen molar-refractivity contribution in [3.05, 3.63) is 11.8 Å². The van der Waals surface area contributed by atoms with Crippen LogP contribution in [0.2, 0.25) is 0 Å². The van der Waals surface area contributed by atoms with Gasteiger partial charge in [0.1, 0.15) is 5.82 Å². The summed E-state index contributed by atoms with van der Waals surface area (Å²) in [5.41, 5.74) is 0.321. The van der Waals surface area contributed by atoms with Crippen molar-refractivity contribution < 1.29 is 14.7 Å². The Bertz CT molecular complexity index is 519. The molecule has 0 saturated heterocycles. The van der Waals surface area contributed by atoms with Gasteiger partial charge in [-0.1, -0.05) is 13.8 Å². The molecule has 1 aromatic rings. The van der Waals surface area contributed by atoms with Crippen molar-refractivity contribution in [2.24, 2.45) is 24.3 Å². The van der Waals surface area contributed by atoms with Crippen molar-refractivity contribution in [1.29, 1.82) is 0 Å². The molecule has 1 aliphatic carbocycles. The first-order valence-corrected chi connectivity index (χ1v) is 5.79. The zero-order valence-electron chi connectivity index (χ0n) is 10.9. The van der Waals surface area contributed by atoms with Gasteiger partial charge in [-0.25, -0.2) is 0 Å². The zero-order valence-corrected chi connectivity index (χ0v) is 10.9. The largest absolute Gasteiger partial charge is 0.481 e. The number of aryl methyl sites for hydroxylation is 2. The lowest BCUT2D eigenvalue weighted by molar-refractivity contribution is -0.140. The van der Waals surface area contributed by atoms with Gasteiger partial charge in [-0.3, -0.25) is 14.3 Å². The number of rotatable bonds is 3. The molecule has 1 saturated carbocycles. The Morgan fingerprint density at radius 1 is 1.44 bits per heavy atom. The Morgan fingerprint density at radius 2 is 2.06 bits per heavy atom. The van der Waals surface area contributed by atoms with E-state index in [0.29, 0.717) is 5.82 Å². The Hall–Kier alpha value is -1.85. The highest BCUT2D eigenvalue weighted by Crippen LogP contribution is 2.58. The monoisotopic (exact) mass is 251 g/mol. The van der Waals surface area contributed by atoms with Crippen molar-refractivity contribution in [3.63, 3.8) is 0 Å². The molecule has 6 nitrogen and oxygen atoms in total. The summed E-state index contributed by atoms with van der Waals surface area (Å²) >= 11 is 0. The van der Waals surface area contributed by atoms with Crippen molar-refractivity contribution in [3.8, 4) is 0 Å². The minimum Gasteiger partial charge on any atom is -0.481 e. The van der Waals surface area contributed by atoms with Gasteiger partial charge in [-0.2, -0.15) is 5.10 Å². The van der Waals surface area contributed by atoms with E-state index in [9.17, 15) is 9.59 Å². The van der Waals surface area contributed by atoms with Crippen LogP contribution in [0.25, 0.3) is 0 Å². The minimum atomic E-state index is -0.915. The van der Waals surface area contributed by atoms with E-state index in [4.69, 9.17) is 5.11 Å². The van der Waals surface area contributed by atoms with Gasteiger partial charge >= 0.3 is 5.97 Å². The molecule has 6 heteroatoms. The van der Waals surface area contributed by atoms with Crippen LogP contribution < -0.4 is 5.32 Å². The third-order valence-electron chi connectivity index (χ3n) is 3.63. The lowest BCUT2D eigenvalue weighted by Gasteiger charge is -2.05. The van der Waals surface area contributed by atoms with E-state index in [0.717, 1.165) is 5.69 Å². The molecule has 0 bridgehead atoms. The predicted octanol–water partition coefficient (Wildman–Crippen LogP) is 1.02. The number of carbonyl (C=O) groups is 2. The number of hydrogen-bond acceptors (Lipinski definition) is 3. The number of hydrogen-bond donors (Lipinski definition) is 2. The van der Waals surface area contributed by atoms with Gasteiger partial charge in [-0.05, 0) is 12.3 Å². The van der Waals surface area contributed by atoms with E-state index >= 15 is 0 Å². The van der Waals surface area contributed by atoms with E-state index < -0.39 is 23.2 Å². The third-order valence-corrected chi connectivity index (χ3v) is 3.63. The van der Waals surface area contributed by atoms with E-state index in [2.05, 4.69) is 10.4 Å². The molecule has 0 aliphatic heterocycles. The van der Waals surface area contributed by atoms with Crippen LogP contribution in [-0.2, 0) is 16.6 Å². The smallest absolute Gasteiger partial charge is 0.307 e. The summed E-state index contributed by atoms with van der Waals surface area (Å²) in [5, 5.41) is 15.9. The number of aliphatic carboxylic acids is 1. The van der Waals surface area contributed by atoms with Gasteiger partial charge in [0, 0.05) is 13.1 Å². The molecule has 2 N–H and O–H groups in total. The third kappa shape index (κ3) is 1.87. The second-order valence-corrected chi connectivity index (χ2v) is 5.40. The molecule has 1 fully saturated rings. The molecule has 1 aliphatic rings. The Morgan fingerprint density at radius 3 is 2.44 bits per heavy atom. The van der Waals surface area contributed by atoms with Crippen molar-refractivity contribution in [2.75, 3.05) is 5.32 Å². The van der Waals surface area contributed by atoms with Crippen LogP contribution in [-0.4, -0.2) is 26.8 Å². The van der Waals surface area contributed by atoms with Crippen LogP contribution in [0, 0.1) is 24.2 Å². The van der Waals surface area contributed by atoms with E-state index in [1.807, 2.05) is 6.92 Å². The lowest BCUT2D eigenvalue weighted by atomic mass is 10.1. The normalized spacial score (nSPS) is 24.7. The lowest BCUT2D eigenvalue weighted by Crippen LogP contribution is -2.19. The molecule has 1 amide bonds. The van der Waals surface area contributed by atoms with Gasteiger partial charge < -0.3 is 10.4 Å². The summed E-state index contributed by atoms with van der Waals surface area (Å²) in [5.74, 6) is -1.67. The van der Waals surface area contributed by atoms with E-state index in [-0.39, 0.29) is 5.91 Å². The molecule has 0 aromatic carbocycles. The van der Waals surface area contributed by atoms with Crippen LogP contribution >= 0.6 is 0 Å². The van der Waals surface area contributed by atoms with Crippen molar-refractivity contribution in [2.45, 2.75) is 20.8 Å². The van der Waals surface area contributed by atoms with Gasteiger partial charge in [0.25, 0.3) is 0 Å². The average molecular weight is 251 g/mol. The number of amides is 1. The number of nitrogens with zero attached hydrogens (tertiary/aromatic N) is 2. The van der Waals surface area contributed by atoms with Gasteiger partial charge in [-0.15, -0.1) is 0 Å². The summed E-state index contributed by atoms with van der Waals surface area (Å²) in [6, 6.07) is 1.75. The molecule has 0 spiro atoms. The first-order chi connectivity index (χ1) is 8.25. The zero-order chi connectivity index (χ0) is 13.7. The summed E-state index contributed by atoms with van der Waals surface area (Å²) in [6.45, 7) is 5.42. The molecule has 1 aromatic heterocycles. The Labute approximate surface area is 105 Å². The van der Waals surface area contributed by atoms with Gasteiger partial charge in [0.2, 0.25) is 5.91 Å². The maximum Gasteiger partial charge on any atom is 0.307 e. The molecule has 2 rings (SSSR count). The highest BCUT2D eigenvalue weighted by molar-refractivity contribution is 5.99. The maximum absolute atomic E-state index is 12.1. The summed E-state index contributed by atoms with van der Waals surface area (Å²) < 4.78 is 1.57.